The highest BCUT2D eigenvalue weighted by Gasteiger charge is 2.33. The van der Waals surface area contributed by atoms with Crippen molar-refractivity contribution < 1.29 is 22.7 Å². The number of carbonyl (C=O) groups is 1. The smallest absolute Gasteiger partial charge is 0.434 e. The number of alkyl halides is 3. The summed E-state index contributed by atoms with van der Waals surface area (Å²) in [4.78, 5) is 21.5. The number of guanidine groups is 1. The van der Waals surface area contributed by atoms with Gasteiger partial charge >= 0.3 is 12.3 Å². The maximum Gasteiger partial charge on any atom is 0.434 e. The minimum atomic E-state index is -4.45. The summed E-state index contributed by atoms with van der Waals surface area (Å²) < 4.78 is 43.2. The summed E-state index contributed by atoms with van der Waals surface area (Å²) in [5, 5.41) is 7.42. The van der Waals surface area contributed by atoms with Gasteiger partial charge in [-0.25, -0.2) is 14.8 Å². The molecule has 0 spiro atoms. The van der Waals surface area contributed by atoms with Crippen molar-refractivity contribution in [2.24, 2.45) is 4.99 Å². The molecule has 12 heteroatoms. The lowest BCUT2D eigenvalue weighted by atomic mass is 10.2. The quantitative estimate of drug-likeness (QED) is 0.290. The van der Waals surface area contributed by atoms with Gasteiger partial charge in [0, 0.05) is 31.6 Å². The lowest BCUT2D eigenvalue weighted by Crippen LogP contribution is -2.42. The molecular formula is C18H31F3IN5O2S. The molecule has 1 atom stereocenters. The second-order valence-corrected chi connectivity index (χ2v) is 8.42. The third kappa shape index (κ3) is 10.6. The Bertz CT molecular complexity index is 692. The Labute approximate surface area is 196 Å². The highest BCUT2D eigenvalue weighted by molar-refractivity contribution is 14.0. The molecule has 0 saturated carbocycles. The first-order chi connectivity index (χ1) is 13.3. The van der Waals surface area contributed by atoms with E-state index in [1.807, 2.05) is 34.6 Å². The Morgan fingerprint density at radius 2 is 1.97 bits per heavy atom. The molecule has 1 amide bonds. The van der Waals surface area contributed by atoms with Gasteiger partial charge in [-0.3, -0.25) is 0 Å². The van der Waals surface area contributed by atoms with Gasteiger partial charge in [0.25, 0.3) is 0 Å². The fraction of sp³-hybridized carbons (Fsp3) is 0.722. The fourth-order valence-electron chi connectivity index (χ4n) is 2.11. The number of aromatic nitrogens is 1. The van der Waals surface area contributed by atoms with Crippen molar-refractivity contribution in [1.82, 2.24) is 20.5 Å². The van der Waals surface area contributed by atoms with Crippen molar-refractivity contribution in [3.05, 3.63) is 16.1 Å². The van der Waals surface area contributed by atoms with Crippen LogP contribution in [0.3, 0.4) is 0 Å². The van der Waals surface area contributed by atoms with E-state index >= 15 is 0 Å². The Morgan fingerprint density at radius 3 is 2.47 bits per heavy atom. The maximum atomic E-state index is 12.6. The first kappa shape index (κ1) is 28.7. The standard InChI is InChI=1S/C18H30F3N5O2S.HI/c1-7-22-15(24-10-14-25-13(11-29-14)18(19,20)21)23-9-8-12(2)26(6)16(27)28-17(3,4)5;/h11-12H,7-10H2,1-6H3,(H2,22,23,24);1H. The SMILES string of the molecule is CCNC(=NCc1nc(C(F)(F)F)cs1)NCCC(C)N(C)C(=O)OC(C)(C)C.I. The Morgan fingerprint density at radius 1 is 1.33 bits per heavy atom. The van der Waals surface area contributed by atoms with E-state index in [0.717, 1.165) is 16.7 Å². The Balaban J connectivity index is 0.00000841. The summed E-state index contributed by atoms with van der Waals surface area (Å²) in [6.07, 6.45) is -4.21. The van der Waals surface area contributed by atoms with Gasteiger partial charge in [-0.05, 0) is 41.0 Å². The van der Waals surface area contributed by atoms with E-state index in [9.17, 15) is 18.0 Å². The van der Waals surface area contributed by atoms with Gasteiger partial charge in [0.2, 0.25) is 0 Å². The number of hydrogen-bond donors (Lipinski definition) is 2. The molecule has 0 aliphatic rings. The summed E-state index contributed by atoms with van der Waals surface area (Å²) >= 11 is 0.925. The second-order valence-electron chi connectivity index (χ2n) is 7.48. The summed E-state index contributed by atoms with van der Waals surface area (Å²) in [6, 6.07) is -0.0754. The highest BCUT2D eigenvalue weighted by atomic mass is 127. The van der Waals surface area contributed by atoms with E-state index in [1.165, 1.54) is 4.90 Å². The van der Waals surface area contributed by atoms with Gasteiger partial charge in [-0.15, -0.1) is 35.3 Å². The third-order valence-electron chi connectivity index (χ3n) is 3.76. The summed E-state index contributed by atoms with van der Waals surface area (Å²) in [7, 11) is 1.68. The molecule has 2 N–H and O–H groups in total. The van der Waals surface area contributed by atoms with Crippen molar-refractivity contribution in [1.29, 1.82) is 0 Å². The van der Waals surface area contributed by atoms with Crippen LogP contribution in [-0.2, 0) is 17.5 Å². The molecule has 0 bridgehead atoms. The van der Waals surface area contributed by atoms with Crippen LogP contribution in [0.2, 0.25) is 0 Å². The molecule has 0 saturated heterocycles. The lowest BCUT2D eigenvalue weighted by Gasteiger charge is -2.28. The molecule has 7 nitrogen and oxygen atoms in total. The predicted molar refractivity (Wildman–Crippen MR) is 123 cm³/mol. The predicted octanol–water partition coefficient (Wildman–Crippen LogP) is 4.48. The van der Waals surface area contributed by atoms with Gasteiger partial charge < -0.3 is 20.3 Å². The second kappa shape index (κ2) is 12.5. The molecule has 1 heterocycles. The molecule has 0 aliphatic carbocycles. The molecule has 0 aliphatic heterocycles. The van der Waals surface area contributed by atoms with Crippen LogP contribution in [0.25, 0.3) is 0 Å². The molecular weight excluding hydrogens is 534 g/mol. The summed E-state index contributed by atoms with van der Waals surface area (Å²) in [5.74, 6) is 0.475. The van der Waals surface area contributed by atoms with E-state index < -0.39 is 23.6 Å². The van der Waals surface area contributed by atoms with E-state index in [0.29, 0.717) is 25.5 Å². The average Bonchev–Trinajstić information content (AvgIpc) is 3.06. The number of amides is 1. The molecule has 30 heavy (non-hydrogen) atoms. The zero-order chi connectivity index (χ0) is 22.2. The van der Waals surface area contributed by atoms with E-state index in [4.69, 9.17) is 4.74 Å². The number of nitrogens with zero attached hydrogens (tertiary/aromatic N) is 3. The zero-order valence-electron chi connectivity index (χ0n) is 18.1. The molecule has 1 aromatic rings. The minimum absolute atomic E-state index is 0. The Kier molecular flexibility index (Phi) is 12.0. The number of nitrogens with one attached hydrogen (secondary N) is 2. The fourth-order valence-corrected chi connectivity index (χ4v) is 2.83. The summed E-state index contributed by atoms with van der Waals surface area (Å²) in [6.45, 7) is 10.4. The maximum absolute atomic E-state index is 12.6. The first-order valence-corrected chi connectivity index (χ1v) is 10.2. The van der Waals surface area contributed by atoms with Gasteiger partial charge in [0.1, 0.15) is 10.6 Å². The van der Waals surface area contributed by atoms with E-state index in [-0.39, 0.29) is 41.6 Å². The average molecular weight is 565 g/mol. The molecule has 0 aromatic carbocycles. The first-order valence-electron chi connectivity index (χ1n) is 9.33. The van der Waals surface area contributed by atoms with Crippen molar-refractivity contribution in [3.63, 3.8) is 0 Å². The molecule has 174 valence electrons. The van der Waals surface area contributed by atoms with Gasteiger partial charge in [-0.2, -0.15) is 13.2 Å². The van der Waals surface area contributed by atoms with Crippen LogP contribution in [0.15, 0.2) is 10.4 Å². The van der Waals surface area contributed by atoms with Crippen molar-refractivity contribution in [2.75, 3.05) is 20.1 Å². The molecule has 1 aromatic heterocycles. The van der Waals surface area contributed by atoms with Crippen LogP contribution in [0, 0.1) is 0 Å². The topological polar surface area (TPSA) is 78.9 Å². The molecule has 0 fully saturated rings. The third-order valence-corrected chi connectivity index (χ3v) is 4.59. The Hall–Kier alpha value is -1.31. The number of aliphatic imine (C=N–C) groups is 1. The molecule has 1 unspecified atom stereocenters. The lowest BCUT2D eigenvalue weighted by molar-refractivity contribution is -0.140. The van der Waals surface area contributed by atoms with Crippen LogP contribution in [0.1, 0.15) is 51.7 Å². The highest BCUT2D eigenvalue weighted by Crippen LogP contribution is 2.30. The van der Waals surface area contributed by atoms with Crippen molar-refractivity contribution in [2.45, 2.75) is 65.4 Å². The number of halogens is 4. The number of thiazole rings is 1. The van der Waals surface area contributed by atoms with Crippen LogP contribution in [-0.4, -0.2) is 53.7 Å². The van der Waals surface area contributed by atoms with Crippen LogP contribution < -0.4 is 10.6 Å². The number of ether oxygens (including phenoxy) is 1. The van der Waals surface area contributed by atoms with Crippen molar-refractivity contribution >= 4 is 47.4 Å². The monoisotopic (exact) mass is 565 g/mol. The van der Waals surface area contributed by atoms with Crippen LogP contribution in [0.5, 0.6) is 0 Å². The van der Waals surface area contributed by atoms with Gasteiger partial charge in [0.15, 0.2) is 11.7 Å². The van der Waals surface area contributed by atoms with Gasteiger partial charge in [-0.1, -0.05) is 0 Å². The van der Waals surface area contributed by atoms with Crippen LogP contribution in [0.4, 0.5) is 18.0 Å². The van der Waals surface area contributed by atoms with E-state index in [1.54, 1.807) is 7.05 Å². The summed E-state index contributed by atoms with van der Waals surface area (Å²) in [5.41, 5.74) is -1.46. The number of rotatable bonds is 7. The zero-order valence-corrected chi connectivity index (χ0v) is 21.2. The molecule has 1 rings (SSSR count). The minimum Gasteiger partial charge on any atom is -0.444 e. The van der Waals surface area contributed by atoms with Crippen molar-refractivity contribution in [3.8, 4) is 0 Å². The number of hydrogen-bond acceptors (Lipinski definition) is 5. The van der Waals surface area contributed by atoms with E-state index in [2.05, 4.69) is 20.6 Å². The van der Waals surface area contributed by atoms with Gasteiger partial charge in [0.05, 0.1) is 6.54 Å². The number of carbonyl (C=O) groups excluding carboxylic acids is 1. The van der Waals surface area contributed by atoms with Crippen LogP contribution >= 0.6 is 35.3 Å². The molecule has 0 radical (unpaired) electrons. The normalized spacial score (nSPS) is 13.3. The largest absolute Gasteiger partial charge is 0.444 e.